The standard InChI is InChI=1S/C14H20FN3O2S/c15-13-3-1-2-12(10-13)11-18(14-4-5-14)21(19,20)17-8-6-16-7-9-17/h1-3,10,14,16H,4-9,11H2. The average Bonchev–Trinajstić information content (AvgIpc) is 3.30. The topological polar surface area (TPSA) is 52.7 Å². The van der Waals surface area contributed by atoms with Crippen LogP contribution in [0.1, 0.15) is 18.4 Å². The Morgan fingerprint density at radius 3 is 2.62 bits per heavy atom. The third kappa shape index (κ3) is 3.42. The summed E-state index contributed by atoms with van der Waals surface area (Å²) in [4.78, 5) is 0. The molecule has 2 fully saturated rings. The fraction of sp³-hybridized carbons (Fsp3) is 0.571. The second-order valence-electron chi connectivity index (χ2n) is 5.56. The van der Waals surface area contributed by atoms with Gasteiger partial charge in [0.05, 0.1) is 0 Å². The van der Waals surface area contributed by atoms with E-state index in [-0.39, 0.29) is 18.4 Å². The van der Waals surface area contributed by atoms with Crippen LogP contribution in [0.15, 0.2) is 24.3 Å². The number of halogens is 1. The summed E-state index contributed by atoms with van der Waals surface area (Å²) in [6.45, 7) is 2.59. The van der Waals surface area contributed by atoms with Gasteiger partial charge >= 0.3 is 0 Å². The van der Waals surface area contributed by atoms with Crippen molar-refractivity contribution in [1.82, 2.24) is 13.9 Å². The van der Waals surface area contributed by atoms with Gasteiger partial charge in [-0.05, 0) is 30.5 Å². The van der Waals surface area contributed by atoms with Gasteiger partial charge in [-0.3, -0.25) is 0 Å². The predicted octanol–water partition coefficient (Wildman–Crippen LogP) is 0.940. The molecule has 21 heavy (non-hydrogen) atoms. The van der Waals surface area contributed by atoms with Gasteiger partial charge in [-0.25, -0.2) is 4.39 Å². The first-order chi connectivity index (χ1) is 10.1. The monoisotopic (exact) mass is 313 g/mol. The number of piperazine rings is 1. The maximum Gasteiger partial charge on any atom is 0.282 e. The van der Waals surface area contributed by atoms with Crippen LogP contribution < -0.4 is 5.32 Å². The first-order valence-electron chi connectivity index (χ1n) is 7.29. The molecule has 0 unspecified atom stereocenters. The van der Waals surface area contributed by atoms with E-state index in [9.17, 15) is 12.8 Å². The van der Waals surface area contributed by atoms with Crippen LogP contribution in [0.2, 0.25) is 0 Å². The van der Waals surface area contributed by atoms with E-state index < -0.39 is 10.2 Å². The average molecular weight is 313 g/mol. The Balaban J connectivity index is 1.80. The van der Waals surface area contributed by atoms with Crippen molar-refractivity contribution in [3.63, 3.8) is 0 Å². The highest BCUT2D eigenvalue weighted by Crippen LogP contribution is 2.32. The van der Waals surface area contributed by atoms with E-state index in [1.807, 2.05) is 0 Å². The van der Waals surface area contributed by atoms with E-state index in [0.29, 0.717) is 31.7 Å². The molecule has 5 nitrogen and oxygen atoms in total. The molecule has 1 aliphatic heterocycles. The number of hydrogen-bond donors (Lipinski definition) is 1. The molecular formula is C14H20FN3O2S. The van der Waals surface area contributed by atoms with E-state index in [2.05, 4.69) is 5.32 Å². The van der Waals surface area contributed by atoms with Crippen molar-refractivity contribution in [1.29, 1.82) is 0 Å². The Morgan fingerprint density at radius 1 is 1.29 bits per heavy atom. The molecule has 0 atom stereocenters. The first kappa shape index (κ1) is 14.9. The van der Waals surface area contributed by atoms with Gasteiger partial charge < -0.3 is 5.32 Å². The molecule has 1 aromatic rings. The lowest BCUT2D eigenvalue weighted by molar-refractivity contribution is 0.304. The van der Waals surface area contributed by atoms with Gasteiger partial charge in [0.1, 0.15) is 5.82 Å². The van der Waals surface area contributed by atoms with Crippen molar-refractivity contribution in [2.24, 2.45) is 0 Å². The Labute approximate surface area is 124 Å². The molecule has 1 saturated heterocycles. The highest BCUT2D eigenvalue weighted by molar-refractivity contribution is 7.86. The zero-order chi connectivity index (χ0) is 14.9. The molecule has 116 valence electrons. The third-order valence-electron chi connectivity index (χ3n) is 3.88. The summed E-state index contributed by atoms with van der Waals surface area (Å²) >= 11 is 0. The van der Waals surface area contributed by atoms with Crippen LogP contribution in [0.4, 0.5) is 4.39 Å². The molecule has 1 N–H and O–H groups in total. The zero-order valence-corrected chi connectivity index (χ0v) is 12.7. The van der Waals surface area contributed by atoms with Crippen LogP contribution in [-0.4, -0.2) is 49.2 Å². The Hall–Kier alpha value is -1.02. The van der Waals surface area contributed by atoms with Gasteiger partial charge in [0.2, 0.25) is 0 Å². The second kappa shape index (κ2) is 6.00. The lowest BCUT2D eigenvalue weighted by Crippen LogP contribution is -2.52. The summed E-state index contributed by atoms with van der Waals surface area (Å²) in [5, 5.41) is 3.15. The SMILES string of the molecule is O=S(=O)(N1CCNCC1)N(Cc1cccc(F)c1)C1CC1. The van der Waals surface area contributed by atoms with Crippen LogP contribution in [0, 0.1) is 5.82 Å². The lowest BCUT2D eigenvalue weighted by atomic mass is 10.2. The Kier molecular flexibility index (Phi) is 4.26. The summed E-state index contributed by atoms with van der Waals surface area (Å²) < 4.78 is 41.9. The predicted molar refractivity (Wildman–Crippen MR) is 78.3 cm³/mol. The van der Waals surface area contributed by atoms with Crippen molar-refractivity contribution in [2.45, 2.75) is 25.4 Å². The van der Waals surface area contributed by atoms with Crippen LogP contribution in [0.25, 0.3) is 0 Å². The number of hydrogen-bond acceptors (Lipinski definition) is 3. The summed E-state index contributed by atoms with van der Waals surface area (Å²) in [6.07, 6.45) is 1.78. The van der Waals surface area contributed by atoms with Gasteiger partial charge in [-0.1, -0.05) is 12.1 Å². The number of nitrogens with zero attached hydrogens (tertiary/aromatic N) is 2. The fourth-order valence-corrected chi connectivity index (χ4v) is 4.44. The lowest BCUT2D eigenvalue weighted by Gasteiger charge is -2.32. The largest absolute Gasteiger partial charge is 0.314 e. The number of nitrogens with one attached hydrogen (secondary N) is 1. The molecule has 0 radical (unpaired) electrons. The smallest absolute Gasteiger partial charge is 0.282 e. The Bertz CT molecular complexity index is 598. The van der Waals surface area contributed by atoms with E-state index in [4.69, 9.17) is 0 Å². The summed E-state index contributed by atoms with van der Waals surface area (Å²) in [7, 11) is -3.47. The van der Waals surface area contributed by atoms with Crippen molar-refractivity contribution in [3.05, 3.63) is 35.6 Å². The molecule has 7 heteroatoms. The Morgan fingerprint density at radius 2 is 2.00 bits per heavy atom. The van der Waals surface area contributed by atoms with Gasteiger partial charge in [-0.15, -0.1) is 0 Å². The molecule has 3 rings (SSSR count). The van der Waals surface area contributed by atoms with Crippen LogP contribution in [-0.2, 0) is 16.8 Å². The van der Waals surface area contributed by atoms with Crippen molar-refractivity contribution in [2.75, 3.05) is 26.2 Å². The summed E-state index contributed by atoms with van der Waals surface area (Å²) in [6, 6.07) is 6.23. The van der Waals surface area contributed by atoms with Gasteiger partial charge in [0, 0.05) is 38.8 Å². The molecule has 1 aliphatic carbocycles. The minimum absolute atomic E-state index is 0.0631. The molecule has 1 saturated carbocycles. The normalized spacial score (nSPS) is 20.9. The van der Waals surface area contributed by atoms with Crippen LogP contribution in [0.3, 0.4) is 0 Å². The maximum absolute atomic E-state index is 13.3. The maximum atomic E-state index is 13.3. The summed E-state index contributed by atoms with van der Waals surface area (Å²) in [5.74, 6) is -0.331. The second-order valence-corrected chi connectivity index (χ2v) is 7.44. The van der Waals surface area contributed by atoms with E-state index in [0.717, 1.165) is 12.8 Å². The molecule has 0 spiro atoms. The first-order valence-corrected chi connectivity index (χ1v) is 8.69. The van der Waals surface area contributed by atoms with E-state index >= 15 is 0 Å². The highest BCUT2D eigenvalue weighted by atomic mass is 32.2. The van der Waals surface area contributed by atoms with Crippen molar-refractivity contribution < 1.29 is 12.8 Å². The van der Waals surface area contributed by atoms with Gasteiger partial charge in [0.25, 0.3) is 10.2 Å². The minimum atomic E-state index is -3.47. The van der Waals surface area contributed by atoms with Crippen LogP contribution >= 0.6 is 0 Å². The molecule has 2 aliphatic rings. The third-order valence-corrected chi connectivity index (χ3v) is 5.92. The molecule has 1 aromatic carbocycles. The zero-order valence-electron chi connectivity index (χ0n) is 11.8. The minimum Gasteiger partial charge on any atom is -0.314 e. The molecule has 0 bridgehead atoms. The van der Waals surface area contributed by atoms with E-state index in [1.54, 1.807) is 12.1 Å². The van der Waals surface area contributed by atoms with E-state index in [1.165, 1.54) is 20.7 Å². The highest BCUT2D eigenvalue weighted by Gasteiger charge is 2.40. The van der Waals surface area contributed by atoms with Gasteiger partial charge in [0.15, 0.2) is 0 Å². The summed E-state index contributed by atoms with van der Waals surface area (Å²) in [5.41, 5.74) is 0.695. The molecular weight excluding hydrogens is 293 g/mol. The van der Waals surface area contributed by atoms with Crippen LogP contribution in [0.5, 0.6) is 0 Å². The quantitative estimate of drug-likeness (QED) is 0.880. The molecule has 0 aromatic heterocycles. The number of benzene rings is 1. The van der Waals surface area contributed by atoms with Gasteiger partial charge in [-0.2, -0.15) is 17.0 Å². The fourth-order valence-electron chi connectivity index (χ4n) is 2.60. The van der Waals surface area contributed by atoms with Crippen molar-refractivity contribution in [3.8, 4) is 0 Å². The van der Waals surface area contributed by atoms with Crippen molar-refractivity contribution >= 4 is 10.2 Å². The molecule has 1 heterocycles. The number of rotatable bonds is 5. The molecule has 0 amide bonds.